The summed E-state index contributed by atoms with van der Waals surface area (Å²) in [6.07, 6.45) is 1.46. The van der Waals surface area contributed by atoms with Gasteiger partial charge in [-0.2, -0.15) is 0 Å². The number of rotatable bonds is 4. The van der Waals surface area contributed by atoms with Crippen LogP contribution in [-0.2, 0) is 7.05 Å². The number of alkyl halides is 1. The van der Waals surface area contributed by atoms with Crippen molar-refractivity contribution in [1.82, 2.24) is 9.55 Å². The van der Waals surface area contributed by atoms with E-state index in [9.17, 15) is 10.1 Å². The largest absolute Gasteiger partial charge is 0.385 e. The summed E-state index contributed by atoms with van der Waals surface area (Å²) in [5.41, 5.74) is 0.600. The molecule has 0 aliphatic carbocycles. The fourth-order valence-electron chi connectivity index (χ4n) is 2.02. The van der Waals surface area contributed by atoms with Crippen molar-refractivity contribution in [2.24, 2.45) is 13.0 Å². The molecule has 1 aromatic rings. The zero-order valence-corrected chi connectivity index (χ0v) is 10.6. The van der Waals surface area contributed by atoms with Crippen LogP contribution in [0.2, 0.25) is 0 Å². The molecule has 0 radical (unpaired) electrons. The van der Waals surface area contributed by atoms with Gasteiger partial charge in [0.05, 0.1) is 0 Å². The van der Waals surface area contributed by atoms with Crippen molar-refractivity contribution >= 4 is 17.4 Å². The van der Waals surface area contributed by atoms with Gasteiger partial charge in [0, 0.05) is 18.3 Å². The molecule has 1 heterocycles. The maximum absolute atomic E-state index is 10.9. The van der Waals surface area contributed by atoms with Crippen molar-refractivity contribution in [1.29, 1.82) is 0 Å². The number of nitro groups is 1. The first kappa shape index (κ1) is 13.0. The van der Waals surface area contributed by atoms with Gasteiger partial charge in [0.1, 0.15) is 5.69 Å². The van der Waals surface area contributed by atoms with Gasteiger partial charge in [0.15, 0.2) is 0 Å². The maximum Gasteiger partial charge on any atom is 0.385 e. The summed E-state index contributed by atoms with van der Waals surface area (Å²) in [6, 6.07) is 0. The molecule has 0 N–H and O–H groups in total. The van der Waals surface area contributed by atoms with E-state index in [0.29, 0.717) is 5.69 Å². The Kier molecular flexibility index (Phi) is 3.91. The van der Waals surface area contributed by atoms with Crippen LogP contribution in [-0.4, -0.2) is 19.9 Å². The quantitative estimate of drug-likeness (QED) is 0.466. The highest BCUT2D eigenvalue weighted by Crippen LogP contribution is 2.35. The van der Waals surface area contributed by atoms with Crippen molar-refractivity contribution in [2.45, 2.75) is 32.1 Å². The second-order valence-electron chi connectivity index (χ2n) is 4.27. The summed E-state index contributed by atoms with van der Waals surface area (Å²) in [5.74, 6) is 0.0601. The molecule has 2 atom stereocenters. The van der Waals surface area contributed by atoms with E-state index >= 15 is 0 Å². The number of aromatic nitrogens is 2. The van der Waals surface area contributed by atoms with Gasteiger partial charge in [0.2, 0.25) is 6.33 Å². The minimum Gasteiger partial charge on any atom is -0.358 e. The molecule has 0 aromatic carbocycles. The van der Waals surface area contributed by atoms with Crippen molar-refractivity contribution in [3.05, 3.63) is 22.1 Å². The van der Waals surface area contributed by atoms with E-state index in [1.54, 1.807) is 11.6 Å². The smallest absolute Gasteiger partial charge is 0.358 e. The van der Waals surface area contributed by atoms with Crippen molar-refractivity contribution in [3.8, 4) is 0 Å². The van der Waals surface area contributed by atoms with E-state index in [-0.39, 0.29) is 23.0 Å². The molecule has 6 heteroatoms. The highest BCUT2D eigenvalue weighted by molar-refractivity contribution is 6.20. The molecule has 0 spiro atoms. The highest BCUT2D eigenvalue weighted by Gasteiger charge is 2.32. The van der Waals surface area contributed by atoms with E-state index < -0.39 is 4.92 Å². The first-order chi connectivity index (χ1) is 7.36. The van der Waals surface area contributed by atoms with Crippen LogP contribution >= 0.6 is 11.6 Å². The third kappa shape index (κ3) is 2.35. The van der Waals surface area contributed by atoms with Crippen LogP contribution in [0.25, 0.3) is 0 Å². The summed E-state index contributed by atoms with van der Waals surface area (Å²) >= 11 is 6.12. The molecule has 0 amide bonds. The van der Waals surface area contributed by atoms with Crippen molar-refractivity contribution in [2.75, 3.05) is 0 Å². The van der Waals surface area contributed by atoms with Crippen LogP contribution in [0.15, 0.2) is 6.33 Å². The van der Waals surface area contributed by atoms with Crippen molar-refractivity contribution in [3.63, 3.8) is 0 Å². The van der Waals surface area contributed by atoms with Gasteiger partial charge >= 0.3 is 5.82 Å². The summed E-state index contributed by atoms with van der Waals surface area (Å²) in [7, 11) is 1.75. The van der Waals surface area contributed by atoms with Gasteiger partial charge in [0.25, 0.3) is 0 Å². The van der Waals surface area contributed by atoms with Gasteiger partial charge in [-0.25, -0.2) is 0 Å². The number of halogens is 1. The third-order valence-corrected chi connectivity index (χ3v) is 2.94. The number of imidazole rings is 1. The fraction of sp³-hybridized carbons (Fsp3) is 0.700. The molecule has 0 aliphatic rings. The van der Waals surface area contributed by atoms with Gasteiger partial charge in [-0.3, -0.25) is 0 Å². The number of hydrogen-bond donors (Lipinski definition) is 0. The normalized spacial score (nSPS) is 15.1. The molecule has 1 aromatic heterocycles. The molecule has 1 rings (SSSR count). The van der Waals surface area contributed by atoms with Crippen LogP contribution in [0.5, 0.6) is 0 Å². The summed E-state index contributed by atoms with van der Waals surface area (Å²) < 4.78 is 1.68. The van der Waals surface area contributed by atoms with E-state index in [2.05, 4.69) is 4.98 Å². The zero-order valence-electron chi connectivity index (χ0n) is 9.85. The molecular weight excluding hydrogens is 230 g/mol. The SMILES string of the molecule is CC(C)C(c1c([N+](=O)[O-])ncn1C)C(C)Cl. The lowest BCUT2D eigenvalue weighted by Gasteiger charge is -2.22. The van der Waals surface area contributed by atoms with E-state index in [1.165, 1.54) is 6.33 Å². The molecule has 2 unspecified atom stereocenters. The summed E-state index contributed by atoms with van der Waals surface area (Å²) in [6.45, 7) is 5.85. The monoisotopic (exact) mass is 245 g/mol. The molecule has 0 saturated carbocycles. The Labute approximate surface area is 99.6 Å². The molecule has 5 nitrogen and oxygen atoms in total. The van der Waals surface area contributed by atoms with Crippen molar-refractivity contribution < 1.29 is 4.92 Å². The Morgan fingerprint density at radius 3 is 2.44 bits per heavy atom. The molecule has 90 valence electrons. The second kappa shape index (κ2) is 4.82. The first-order valence-electron chi connectivity index (χ1n) is 5.16. The Morgan fingerprint density at radius 1 is 1.50 bits per heavy atom. The molecule has 0 fully saturated rings. The Hall–Kier alpha value is -1.10. The predicted molar refractivity (Wildman–Crippen MR) is 62.8 cm³/mol. The number of hydrogen-bond acceptors (Lipinski definition) is 3. The average molecular weight is 246 g/mol. The van der Waals surface area contributed by atoms with E-state index in [1.807, 2.05) is 20.8 Å². The third-order valence-electron chi connectivity index (χ3n) is 2.66. The van der Waals surface area contributed by atoms with Gasteiger partial charge in [-0.1, -0.05) is 13.8 Å². The second-order valence-corrected chi connectivity index (χ2v) is 4.96. The van der Waals surface area contributed by atoms with Gasteiger partial charge in [-0.15, -0.1) is 11.6 Å². The van der Waals surface area contributed by atoms with E-state index in [4.69, 9.17) is 11.6 Å². The predicted octanol–water partition coefficient (Wildman–Crippen LogP) is 2.70. The molecule has 0 saturated heterocycles. The molecule has 16 heavy (non-hydrogen) atoms. The van der Waals surface area contributed by atoms with Crippen LogP contribution in [0.1, 0.15) is 32.4 Å². The molecular formula is C10H16ClN3O2. The summed E-state index contributed by atoms with van der Waals surface area (Å²) in [4.78, 5) is 14.2. The molecule has 0 aliphatic heterocycles. The topological polar surface area (TPSA) is 61.0 Å². The number of nitrogens with zero attached hydrogens (tertiary/aromatic N) is 3. The minimum atomic E-state index is -0.454. The molecule has 0 bridgehead atoms. The minimum absolute atomic E-state index is 0.0745. The Bertz CT molecular complexity index is 379. The fourth-order valence-corrected chi connectivity index (χ4v) is 2.43. The first-order valence-corrected chi connectivity index (χ1v) is 5.59. The van der Waals surface area contributed by atoms with Crippen LogP contribution < -0.4 is 0 Å². The van der Waals surface area contributed by atoms with Gasteiger partial charge in [-0.05, 0) is 22.7 Å². The number of aryl methyl sites for hydroxylation is 1. The average Bonchev–Trinajstić information content (AvgIpc) is 2.47. The van der Waals surface area contributed by atoms with E-state index in [0.717, 1.165) is 0 Å². The summed E-state index contributed by atoms with van der Waals surface area (Å²) in [5, 5.41) is 10.7. The standard InChI is InChI=1S/C10H16ClN3O2/c1-6(2)8(7(3)11)9-10(14(15)16)12-5-13(9)4/h5-8H,1-4H3. The van der Waals surface area contributed by atoms with Crippen LogP contribution in [0.4, 0.5) is 5.82 Å². The Morgan fingerprint density at radius 2 is 2.06 bits per heavy atom. The lowest BCUT2D eigenvalue weighted by molar-refractivity contribution is -0.390. The maximum atomic E-state index is 10.9. The Balaban J connectivity index is 3.28. The lowest BCUT2D eigenvalue weighted by Crippen LogP contribution is -2.19. The van der Waals surface area contributed by atoms with Crippen LogP contribution in [0.3, 0.4) is 0 Å². The van der Waals surface area contributed by atoms with Crippen LogP contribution in [0, 0.1) is 16.0 Å². The highest BCUT2D eigenvalue weighted by atomic mass is 35.5. The van der Waals surface area contributed by atoms with Gasteiger partial charge < -0.3 is 14.7 Å². The lowest BCUT2D eigenvalue weighted by atomic mass is 9.89. The zero-order chi connectivity index (χ0) is 12.5.